The monoisotopic (exact) mass is 285 g/mol. The third-order valence-corrected chi connectivity index (χ3v) is 4.92. The minimum absolute atomic E-state index is 0.160. The van der Waals surface area contributed by atoms with Crippen molar-refractivity contribution in [1.82, 2.24) is 0 Å². The minimum atomic E-state index is -3.20. The van der Waals surface area contributed by atoms with Crippen LogP contribution in [0.5, 0.6) is 0 Å². The molecule has 19 heavy (non-hydrogen) atoms. The van der Waals surface area contributed by atoms with Gasteiger partial charge >= 0.3 is 5.97 Å². The van der Waals surface area contributed by atoms with E-state index in [0.29, 0.717) is 5.69 Å². The van der Waals surface area contributed by atoms with Gasteiger partial charge in [-0.3, -0.25) is 0 Å². The van der Waals surface area contributed by atoms with Gasteiger partial charge in [0, 0.05) is 5.69 Å². The van der Waals surface area contributed by atoms with E-state index in [9.17, 15) is 13.2 Å². The topological polar surface area (TPSA) is 86.5 Å². The molecule has 106 valence electrons. The minimum Gasteiger partial charge on any atom is -0.461 e. The molecule has 0 aromatic heterocycles. The molecule has 5 nitrogen and oxygen atoms in total. The first-order valence-corrected chi connectivity index (χ1v) is 7.70. The molecule has 0 radical (unpaired) electrons. The van der Waals surface area contributed by atoms with E-state index in [4.69, 9.17) is 10.5 Å². The summed E-state index contributed by atoms with van der Waals surface area (Å²) in [6, 6.07) is 5.03. The summed E-state index contributed by atoms with van der Waals surface area (Å²) in [4.78, 5) is 11.8. The first kappa shape index (κ1) is 15.5. The summed E-state index contributed by atoms with van der Waals surface area (Å²) in [6.07, 6.45) is 0. The molecule has 2 N–H and O–H groups in total. The molecule has 1 aromatic carbocycles. The van der Waals surface area contributed by atoms with E-state index in [0.717, 1.165) is 5.56 Å². The highest BCUT2D eigenvalue weighted by Gasteiger charge is 2.18. The Balaban J connectivity index is 2.64. The Morgan fingerprint density at radius 3 is 2.58 bits per heavy atom. The molecule has 0 spiro atoms. The number of aryl methyl sites for hydroxylation is 1. The Hall–Kier alpha value is -1.56. The largest absolute Gasteiger partial charge is 0.461 e. The number of hydrogen-bond donors (Lipinski definition) is 1. The molecule has 0 aliphatic heterocycles. The van der Waals surface area contributed by atoms with Crippen LogP contribution >= 0.6 is 0 Å². The summed E-state index contributed by atoms with van der Waals surface area (Å²) in [7, 11) is -3.20. The van der Waals surface area contributed by atoms with Crippen molar-refractivity contribution in [1.29, 1.82) is 0 Å². The van der Waals surface area contributed by atoms with Crippen LogP contribution in [0, 0.1) is 6.92 Å². The number of carbonyl (C=O) groups is 1. The first-order chi connectivity index (χ1) is 8.74. The Morgan fingerprint density at radius 1 is 1.37 bits per heavy atom. The van der Waals surface area contributed by atoms with Crippen molar-refractivity contribution in [2.75, 3.05) is 18.1 Å². The fourth-order valence-corrected chi connectivity index (χ4v) is 2.20. The zero-order chi connectivity index (χ0) is 14.6. The van der Waals surface area contributed by atoms with Crippen LogP contribution in [-0.4, -0.2) is 32.0 Å². The second-order valence-corrected chi connectivity index (χ2v) is 7.32. The molecule has 0 bridgehead atoms. The normalized spacial score (nSPS) is 11.6. The Kier molecular flexibility index (Phi) is 4.94. The fraction of sp³-hybridized carbons (Fsp3) is 0.462. The maximum absolute atomic E-state index is 11.8. The third kappa shape index (κ3) is 4.24. The van der Waals surface area contributed by atoms with Crippen LogP contribution in [0.2, 0.25) is 0 Å². The maximum atomic E-state index is 11.8. The highest BCUT2D eigenvalue weighted by atomic mass is 32.2. The van der Waals surface area contributed by atoms with Gasteiger partial charge in [-0.15, -0.1) is 0 Å². The molecular formula is C13H19NO4S. The van der Waals surface area contributed by atoms with Crippen LogP contribution < -0.4 is 5.73 Å². The van der Waals surface area contributed by atoms with E-state index in [-0.39, 0.29) is 17.9 Å². The number of benzene rings is 1. The predicted molar refractivity (Wildman–Crippen MR) is 74.8 cm³/mol. The van der Waals surface area contributed by atoms with Crippen molar-refractivity contribution in [3.63, 3.8) is 0 Å². The van der Waals surface area contributed by atoms with Gasteiger partial charge in [0.1, 0.15) is 6.61 Å². The van der Waals surface area contributed by atoms with Crippen LogP contribution in [-0.2, 0) is 14.6 Å². The van der Waals surface area contributed by atoms with Gasteiger partial charge < -0.3 is 10.5 Å². The Morgan fingerprint density at radius 2 is 2.00 bits per heavy atom. The predicted octanol–water partition coefficient (Wildman–Crippen LogP) is 1.56. The molecule has 0 saturated heterocycles. The Bertz CT molecular complexity index is 564. The van der Waals surface area contributed by atoms with Gasteiger partial charge in [0.15, 0.2) is 9.84 Å². The van der Waals surface area contributed by atoms with E-state index in [1.165, 1.54) is 0 Å². The van der Waals surface area contributed by atoms with E-state index in [1.54, 1.807) is 32.0 Å². The van der Waals surface area contributed by atoms with E-state index >= 15 is 0 Å². The number of anilines is 1. The first-order valence-electron chi connectivity index (χ1n) is 5.99. The summed E-state index contributed by atoms with van der Waals surface area (Å²) in [5.41, 5.74) is 7.15. The van der Waals surface area contributed by atoms with Crippen LogP contribution in [0.4, 0.5) is 5.69 Å². The summed E-state index contributed by atoms with van der Waals surface area (Å²) in [5, 5.41) is -0.477. The number of carbonyl (C=O) groups excluding carboxylic acids is 1. The zero-order valence-corrected chi connectivity index (χ0v) is 12.2. The number of nitrogen functional groups attached to an aromatic ring is 1. The third-order valence-electron chi connectivity index (χ3n) is 2.75. The lowest BCUT2D eigenvalue weighted by molar-refractivity contribution is 0.0530. The molecular weight excluding hydrogens is 266 g/mol. The van der Waals surface area contributed by atoms with Crippen molar-refractivity contribution in [2.45, 2.75) is 26.0 Å². The SMILES string of the molecule is Cc1ccc(N)c(C(=O)OCCS(=O)(=O)C(C)C)c1. The number of esters is 1. The van der Waals surface area contributed by atoms with Crippen LogP contribution in [0.3, 0.4) is 0 Å². The fourth-order valence-electron chi connectivity index (χ4n) is 1.41. The van der Waals surface area contributed by atoms with E-state index in [2.05, 4.69) is 0 Å². The summed E-state index contributed by atoms with van der Waals surface area (Å²) in [6.45, 7) is 4.86. The number of nitrogens with two attached hydrogens (primary N) is 1. The number of rotatable bonds is 5. The van der Waals surface area contributed by atoms with E-state index < -0.39 is 21.1 Å². The van der Waals surface area contributed by atoms with Crippen molar-refractivity contribution in [3.8, 4) is 0 Å². The van der Waals surface area contributed by atoms with Crippen molar-refractivity contribution in [3.05, 3.63) is 29.3 Å². The maximum Gasteiger partial charge on any atom is 0.340 e. The van der Waals surface area contributed by atoms with Crippen LogP contribution in [0.1, 0.15) is 29.8 Å². The molecule has 0 fully saturated rings. The van der Waals surface area contributed by atoms with Gasteiger partial charge in [-0.05, 0) is 32.9 Å². The highest BCUT2D eigenvalue weighted by Crippen LogP contribution is 2.15. The highest BCUT2D eigenvalue weighted by molar-refractivity contribution is 7.91. The smallest absolute Gasteiger partial charge is 0.340 e. The molecule has 0 amide bonds. The van der Waals surface area contributed by atoms with Gasteiger partial charge in [-0.25, -0.2) is 13.2 Å². The van der Waals surface area contributed by atoms with Gasteiger partial charge in [0.2, 0.25) is 0 Å². The number of ether oxygens (including phenoxy) is 1. The molecule has 6 heteroatoms. The summed E-state index contributed by atoms with van der Waals surface area (Å²) >= 11 is 0. The molecule has 0 atom stereocenters. The Labute approximate surface area is 113 Å². The lowest BCUT2D eigenvalue weighted by atomic mass is 10.1. The number of hydrogen-bond acceptors (Lipinski definition) is 5. The van der Waals surface area contributed by atoms with Gasteiger partial charge in [0.25, 0.3) is 0 Å². The van der Waals surface area contributed by atoms with E-state index in [1.807, 2.05) is 6.92 Å². The molecule has 0 aliphatic rings. The second-order valence-electron chi connectivity index (χ2n) is 4.64. The van der Waals surface area contributed by atoms with Crippen molar-refractivity contribution < 1.29 is 17.9 Å². The molecule has 1 rings (SSSR count). The van der Waals surface area contributed by atoms with Crippen LogP contribution in [0.15, 0.2) is 18.2 Å². The van der Waals surface area contributed by atoms with Crippen molar-refractivity contribution in [2.24, 2.45) is 0 Å². The zero-order valence-electron chi connectivity index (χ0n) is 11.3. The van der Waals surface area contributed by atoms with Crippen LogP contribution in [0.25, 0.3) is 0 Å². The molecule has 0 heterocycles. The van der Waals surface area contributed by atoms with Crippen molar-refractivity contribution >= 4 is 21.5 Å². The molecule has 0 saturated carbocycles. The summed E-state index contributed by atoms with van der Waals surface area (Å²) in [5.74, 6) is -0.776. The quantitative estimate of drug-likeness (QED) is 0.655. The lowest BCUT2D eigenvalue weighted by Gasteiger charge is -2.09. The second kappa shape index (κ2) is 6.06. The standard InChI is InChI=1S/C13H19NO4S/c1-9(2)19(16,17)7-6-18-13(15)11-8-10(3)4-5-12(11)14/h4-5,8-9H,6-7,14H2,1-3H3. The molecule has 0 unspecified atom stereocenters. The molecule has 1 aromatic rings. The molecule has 0 aliphatic carbocycles. The lowest BCUT2D eigenvalue weighted by Crippen LogP contribution is -2.22. The average Bonchev–Trinajstić information content (AvgIpc) is 2.31. The number of sulfone groups is 1. The average molecular weight is 285 g/mol. The van der Waals surface area contributed by atoms with Gasteiger partial charge in [0.05, 0.1) is 16.6 Å². The van der Waals surface area contributed by atoms with Gasteiger partial charge in [-0.1, -0.05) is 11.6 Å². The summed E-state index contributed by atoms with van der Waals surface area (Å²) < 4.78 is 28.1. The van der Waals surface area contributed by atoms with Gasteiger partial charge in [-0.2, -0.15) is 0 Å².